The van der Waals surface area contributed by atoms with Gasteiger partial charge in [-0.1, -0.05) is 29.4 Å². The van der Waals surface area contributed by atoms with Crippen molar-refractivity contribution in [2.24, 2.45) is 0 Å². The zero-order valence-electron chi connectivity index (χ0n) is 16.7. The minimum Gasteiger partial charge on any atom is -0.486 e. The summed E-state index contributed by atoms with van der Waals surface area (Å²) < 4.78 is 26.4. The Kier molecular flexibility index (Phi) is 7.08. The van der Waals surface area contributed by atoms with E-state index in [9.17, 15) is 9.18 Å². The Hall–Kier alpha value is -3.30. The van der Waals surface area contributed by atoms with Crippen LogP contribution in [0.1, 0.15) is 11.6 Å². The first-order valence-electron chi connectivity index (χ1n) is 9.58. The van der Waals surface area contributed by atoms with Crippen molar-refractivity contribution in [2.45, 2.75) is 18.3 Å². The molecule has 0 spiro atoms. The number of amides is 1. The fourth-order valence-corrected chi connectivity index (χ4v) is 3.70. The summed E-state index contributed by atoms with van der Waals surface area (Å²) in [5.74, 6) is 1.30. The zero-order chi connectivity index (χ0) is 22.3. The molecular formula is C22H18ClFN4O3S. The van der Waals surface area contributed by atoms with Gasteiger partial charge in [0.1, 0.15) is 23.9 Å². The van der Waals surface area contributed by atoms with E-state index in [1.165, 1.54) is 30.0 Å². The van der Waals surface area contributed by atoms with E-state index in [4.69, 9.17) is 20.8 Å². The number of nitrogens with one attached hydrogen (secondary N) is 1. The molecule has 0 unspecified atom stereocenters. The molecule has 32 heavy (non-hydrogen) atoms. The van der Waals surface area contributed by atoms with Crippen molar-refractivity contribution in [1.29, 1.82) is 0 Å². The van der Waals surface area contributed by atoms with Crippen molar-refractivity contribution in [3.63, 3.8) is 0 Å². The third-order valence-corrected chi connectivity index (χ3v) is 5.53. The zero-order valence-corrected chi connectivity index (χ0v) is 18.3. The van der Waals surface area contributed by atoms with E-state index in [-0.39, 0.29) is 18.3 Å². The van der Waals surface area contributed by atoms with Gasteiger partial charge in [-0.3, -0.25) is 9.36 Å². The van der Waals surface area contributed by atoms with Crippen LogP contribution in [0.25, 0.3) is 0 Å². The van der Waals surface area contributed by atoms with Crippen molar-refractivity contribution < 1.29 is 18.3 Å². The first kappa shape index (κ1) is 21.9. The van der Waals surface area contributed by atoms with Crippen molar-refractivity contribution in [3.05, 3.63) is 89.4 Å². The molecule has 0 aliphatic heterocycles. The lowest BCUT2D eigenvalue weighted by molar-refractivity contribution is -0.113. The van der Waals surface area contributed by atoms with E-state index in [1.54, 1.807) is 42.7 Å². The number of halogens is 2. The van der Waals surface area contributed by atoms with Crippen LogP contribution in [0.2, 0.25) is 5.02 Å². The molecule has 7 nitrogen and oxygen atoms in total. The average Bonchev–Trinajstić information content (AvgIpc) is 3.42. The summed E-state index contributed by atoms with van der Waals surface area (Å²) in [5.41, 5.74) is 0.393. The molecule has 0 radical (unpaired) electrons. The van der Waals surface area contributed by atoms with Crippen molar-refractivity contribution >= 4 is 35.0 Å². The normalized spacial score (nSPS) is 10.8. The fraction of sp³-hybridized carbons (Fsp3) is 0.136. The lowest BCUT2D eigenvalue weighted by Crippen LogP contribution is -2.15. The molecular weight excluding hydrogens is 455 g/mol. The predicted octanol–water partition coefficient (Wildman–Crippen LogP) is 5.02. The maximum Gasteiger partial charge on any atom is 0.234 e. The third-order valence-electron chi connectivity index (χ3n) is 4.31. The van der Waals surface area contributed by atoms with Gasteiger partial charge in [-0.25, -0.2) is 4.39 Å². The molecule has 2 aromatic heterocycles. The van der Waals surface area contributed by atoms with Gasteiger partial charge in [-0.05, 0) is 54.6 Å². The maximum atomic E-state index is 13.3. The standard InChI is InChI=1S/C22H18ClFN4O3S/c23-15-6-8-18(9-7-15)31-13-20-26-27-22(28(20)12-19-5-2-10-30-19)32-14-21(29)25-17-4-1-3-16(24)11-17/h1-11H,12-14H2,(H,25,29). The second kappa shape index (κ2) is 10.3. The lowest BCUT2D eigenvalue weighted by Gasteiger charge is -2.10. The number of carbonyl (C=O) groups excluding carboxylic acids is 1. The molecule has 10 heteroatoms. The summed E-state index contributed by atoms with van der Waals surface area (Å²) in [5, 5.41) is 12.2. The minimum absolute atomic E-state index is 0.0742. The molecule has 2 aromatic carbocycles. The highest BCUT2D eigenvalue weighted by molar-refractivity contribution is 7.99. The summed E-state index contributed by atoms with van der Waals surface area (Å²) in [6.45, 7) is 0.554. The molecule has 4 rings (SSSR count). The average molecular weight is 473 g/mol. The van der Waals surface area contributed by atoms with Crippen LogP contribution in [0.5, 0.6) is 5.75 Å². The summed E-state index contributed by atoms with van der Waals surface area (Å²) in [7, 11) is 0. The molecule has 164 valence electrons. The first-order chi connectivity index (χ1) is 15.6. The van der Waals surface area contributed by atoms with Crippen LogP contribution in [0.4, 0.5) is 10.1 Å². The van der Waals surface area contributed by atoms with Gasteiger partial charge in [0.15, 0.2) is 11.0 Å². The number of nitrogens with zero attached hydrogens (tertiary/aromatic N) is 3. The van der Waals surface area contributed by atoms with Crippen molar-refractivity contribution in [1.82, 2.24) is 14.8 Å². The van der Waals surface area contributed by atoms with Crippen molar-refractivity contribution in [2.75, 3.05) is 11.1 Å². The lowest BCUT2D eigenvalue weighted by atomic mass is 10.3. The van der Waals surface area contributed by atoms with Gasteiger partial charge in [0.25, 0.3) is 0 Å². The number of ether oxygens (including phenoxy) is 1. The Morgan fingerprint density at radius 1 is 1.16 bits per heavy atom. The Morgan fingerprint density at radius 2 is 2.00 bits per heavy atom. The first-order valence-corrected chi connectivity index (χ1v) is 10.9. The van der Waals surface area contributed by atoms with Crippen LogP contribution in [0, 0.1) is 5.82 Å². The number of hydrogen-bond acceptors (Lipinski definition) is 6. The van der Waals surface area contributed by atoms with Gasteiger partial charge >= 0.3 is 0 Å². The third kappa shape index (κ3) is 5.89. The number of furan rings is 1. The van der Waals surface area contributed by atoms with Gasteiger partial charge in [-0.15, -0.1) is 10.2 Å². The van der Waals surface area contributed by atoms with Crippen LogP contribution in [0.15, 0.2) is 76.5 Å². The highest BCUT2D eigenvalue weighted by Gasteiger charge is 2.16. The molecule has 1 amide bonds. The van der Waals surface area contributed by atoms with Crippen LogP contribution in [0.3, 0.4) is 0 Å². The summed E-state index contributed by atoms with van der Waals surface area (Å²) in [4.78, 5) is 12.3. The number of aromatic nitrogens is 3. The second-order valence-corrected chi connectivity index (χ2v) is 8.03. The number of rotatable bonds is 9. The number of anilines is 1. The Morgan fingerprint density at radius 3 is 2.75 bits per heavy atom. The molecule has 0 atom stereocenters. The monoisotopic (exact) mass is 472 g/mol. The molecule has 1 N–H and O–H groups in total. The van der Waals surface area contributed by atoms with Crippen LogP contribution in [-0.4, -0.2) is 26.4 Å². The molecule has 2 heterocycles. The van der Waals surface area contributed by atoms with E-state index >= 15 is 0 Å². The molecule has 0 saturated carbocycles. The number of carbonyl (C=O) groups is 1. The van der Waals surface area contributed by atoms with Crippen LogP contribution < -0.4 is 10.1 Å². The molecule has 0 bridgehead atoms. The molecule has 0 aliphatic rings. The van der Waals surface area contributed by atoms with Gasteiger partial charge in [0.05, 0.1) is 18.6 Å². The molecule has 4 aromatic rings. The highest BCUT2D eigenvalue weighted by Crippen LogP contribution is 2.22. The molecule has 0 aliphatic carbocycles. The van der Waals surface area contributed by atoms with Crippen LogP contribution in [-0.2, 0) is 17.9 Å². The number of hydrogen-bond donors (Lipinski definition) is 1. The maximum absolute atomic E-state index is 13.3. The summed E-state index contributed by atoms with van der Waals surface area (Å²) in [6, 6.07) is 16.4. The minimum atomic E-state index is -0.418. The fourth-order valence-electron chi connectivity index (χ4n) is 2.82. The molecule has 0 fully saturated rings. The van der Waals surface area contributed by atoms with Gasteiger partial charge in [-0.2, -0.15) is 0 Å². The smallest absolute Gasteiger partial charge is 0.234 e. The van der Waals surface area contributed by atoms with Gasteiger partial charge in [0, 0.05) is 10.7 Å². The SMILES string of the molecule is O=C(CSc1nnc(COc2ccc(Cl)cc2)n1Cc1ccco1)Nc1cccc(F)c1. The summed E-state index contributed by atoms with van der Waals surface area (Å²) >= 11 is 7.12. The van der Waals surface area contributed by atoms with Gasteiger partial charge in [0.2, 0.25) is 5.91 Å². The van der Waals surface area contributed by atoms with E-state index in [2.05, 4.69) is 15.5 Å². The largest absolute Gasteiger partial charge is 0.486 e. The Labute approximate surface area is 192 Å². The highest BCUT2D eigenvalue weighted by atomic mass is 35.5. The molecule has 0 saturated heterocycles. The van der Waals surface area contributed by atoms with E-state index in [0.29, 0.717) is 39.7 Å². The second-order valence-electron chi connectivity index (χ2n) is 6.65. The van der Waals surface area contributed by atoms with E-state index < -0.39 is 5.82 Å². The summed E-state index contributed by atoms with van der Waals surface area (Å²) in [6.07, 6.45) is 1.59. The Bertz CT molecular complexity index is 1180. The number of thioether (sulfide) groups is 1. The van der Waals surface area contributed by atoms with E-state index in [1.807, 2.05) is 10.6 Å². The van der Waals surface area contributed by atoms with E-state index in [0.717, 1.165) is 0 Å². The van der Waals surface area contributed by atoms with Gasteiger partial charge < -0.3 is 14.5 Å². The van der Waals surface area contributed by atoms with Crippen LogP contribution >= 0.6 is 23.4 Å². The Balaban J connectivity index is 1.44. The topological polar surface area (TPSA) is 82.2 Å². The van der Waals surface area contributed by atoms with Crippen molar-refractivity contribution in [3.8, 4) is 5.75 Å². The predicted molar refractivity (Wildman–Crippen MR) is 119 cm³/mol. The number of benzene rings is 2. The quantitative estimate of drug-likeness (QED) is 0.344.